The highest BCUT2D eigenvalue weighted by Crippen LogP contribution is 2.21. The molecule has 0 aliphatic carbocycles. The summed E-state index contributed by atoms with van der Waals surface area (Å²) in [6.45, 7) is 0.969. The maximum Gasteiger partial charge on any atom is 0.389 e. The number of rotatable bonds is 5. The van der Waals surface area contributed by atoms with Crippen LogP contribution in [0.3, 0.4) is 0 Å². The Morgan fingerprint density at radius 2 is 1.85 bits per heavy atom. The molecule has 0 fully saturated rings. The van der Waals surface area contributed by atoms with Crippen molar-refractivity contribution in [1.82, 2.24) is 9.88 Å². The molecule has 0 amide bonds. The first kappa shape index (κ1) is 14.8. The minimum Gasteiger partial charge on any atom is -0.301 e. The van der Waals surface area contributed by atoms with Gasteiger partial charge >= 0.3 is 6.18 Å². The Morgan fingerprint density at radius 3 is 2.60 bits per heavy atom. The van der Waals surface area contributed by atoms with Crippen LogP contribution in [-0.2, 0) is 6.54 Å². The number of pyridine rings is 1. The minimum atomic E-state index is -4.07. The molecule has 0 atom stereocenters. The van der Waals surface area contributed by atoms with E-state index in [1.54, 1.807) is 0 Å². The van der Waals surface area contributed by atoms with Crippen LogP contribution < -0.4 is 0 Å². The Hall–Kier alpha value is -1.62. The molecule has 5 heteroatoms. The molecule has 0 saturated carbocycles. The van der Waals surface area contributed by atoms with E-state index >= 15 is 0 Å². The Balaban J connectivity index is 1.91. The van der Waals surface area contributed by atoms with Gasteiger partial charge in [0.1, 0.15) is 0 Å². The summed E-state index contributed by atoms with van der Waals surface area (Å²) in [4.78, 5) is 6.37. The highest BCUT2D eigenvalue weighted by atomic mass is 19.4. The van der Waals surface area contributed by atoms with Crippen molar-refractivity contribution in [3.05, 3.63) is 42.1 Å². The Morgan fingerprint density at radius 1 is 1.10 bits per heavy atom. The molecule has 0 saturated heterocycles. The lowest BCUT2D eigenvalue weighted by Crippen LogP contribution is -2.21. The lowest BCUT2D eigenvalue weighted by molar-refractivity contribution is -0.136. The maximum absolute atomic E-state index is 12.1. The van der Waals surface area contributed by atoms with E-state index in [1.165, 1.54) is 0 Å². The summed E-state index contributed by atoms with van der Waals surface area (Å²) < 4.78 is 36.2. The second-order valence-corrected chi connectivity index (χ2v) is 4.95. The monoisotopic (exact) mass is 282 g/mol. The summed E-state index contributed by atoms with van der Waals surface area (Å²) in [6.07, 6.45) is -4.68. The average molecular weight is 282 g/mol. The van der Waals surface area contributed by atoms with Gasteiger partial charge < -0.3 is 4.90 Å². The third-order valence-corrected chi connectivity index (χ3v) is 3.09. The fourth-order valence-corrected chi connectivity index (χ4v) is 2.10. The van der Waals surface area contributed by atoms with Crippen LogP contribution in [0, 0.1) is 0 Å². The van der Waals surface area contributed by atoms with E-state index < -0.39 is 12.6 Å². The lowest BCUT2D eigenvalue weighted by atomic mass is 10.2. The van der Waals surface area contributed by atoms with Crippen molar-refractivity contribution in [2.24, 2.45) is 0 Å². The summed E-state index contributed by atoms with van der Waals surface area (Å²) in [5.74, 6) is 0. The zero-order chi connectivity index (χ0) is 14.6. The lowest BCUT2D eigenvalue weighted by Gasteiger charge is -2.16. The van der Waals surface area contributed by atoms with Gasteiger partial charge in [0.05, 0.1) is 11.2 Å². The van der Waals surface area contributed by atoms with Gasteiger partial charge in [0.2, 0.25) is 0 Å². The van der Waals surface area contributed by atoms with E-state index in [2.05, 4.69) is 4.98 Å². The molecule has 0 aliphatic heterocycles. The molecule has 108 valence electrons. The topological polar surface area (TPSA) is 16.1 Å². The van der Waals surface area contributed by atoms with E-state index in [1.807, 2.05) is 48.3 Å². The van der Waals surface area contributed by atoms with E-state index in [4.69, 9.17) is 0 Å². The van der Waals surface area contributed by atoms with Crippen LogP contribution in [0.5, 0.6) is 0 Å². The van der Waals surface area contributed by atoms with Gasteiger partial charge in [0, 0.05) is 18.4 Å². The van der Waals surface area contributed by atoms with Gasteiger partial charge in [-0.1, -0.05) is 24.3 Å². The van der Waals surface area contributed by atoms with Crippen molar-refractivity contribution in [3.63, 3.8) is 0 Å². The van der Waals surface area contributed by atoms with Gasteiger partial charge in [-0.05, 0) is 32.1 Å². The number of alkyl halides is 3. The van der Waals surface area contributed by atoms with E-state index in [-0.39, 0.29) is 6.42 Å². The van der Waals surface area contributed by atoms with E-state index in [0.717, 1.165) is 16.6 Å². The SMILES string of the molecule is CN(CCCC(F)(F)F)Cc1ccc2ccccc2n1. The summed E-state index contributed by atoms with van der Waals surface area (Å²) in [5.41, 5.74) is 1.78. The number of aromatic nitrogens is 1. The standard InChI is InChI=1S/C15H17F3N2/c1-20(10-4-9-15(16,17)18)11-13-8-7-12-5-2-3-6-14(12)19-13/h2-3,5-8H,4,9-11H2,1H3. The number of nitrogens with zero attached hydrogens (tertiary/aromatic N) is 2. The molecule has 1 aromatic heterocycles. The number of hydrogen-bond donors (Lipinski definition) is 0. The van der Waals surface area contributed by atoms with Crippen molar-refractivity contribution in [3.8, 4) is 0 Å². The van der Waals surface area contributed by atoms with Crippen LogP contribution in [-0.4, -0.2) is 29.7 Å². The van der Waals surface area contributed by atoms with Crippen molar-refractivity contribution in [2.45, 2.75) is 25.6 Å². The van der Waals surface area contributed by atoms with Gasteiger partial charge in [-0.25, -0.2) is 0 Å². The second kappa shape index (κ2) is 6.22. The highest BCUT2D eigenvalue weighted by molar-refractivity contribution is 5.78. The van der Waals surface area contributed by atoms with Crippen LogP contribution in [0.15, 0.2) is 36.4 Å². The number of benzene rings is 1. The summed E-state index contributed by atoms with van der Waals surface area (Å²) in [6, 6.07) is 11.7. The normalized spacial score (nSPS) is 12.2. The Bertz CT molecular complexity index is 566. The highest BCUT2D eigenvalue weighted by Gasteiger charge is 2.26. The molecular weight excluding hydrogens is 265 g/mol. The van der Waals surface area contributed by atoms with Crippen LogP contribution in [0.2, 0.25) is 0 Å². The van der Waals surface area contributed by atoms with Gasteiger partial charge in [-0.15, -0.1) is 0 Å². The minimum absolute atomic E-state index is 0.119. The van der Waals surface area contributed by atoms with Gasteiger partial charge in [0.25, 0.3) is 0 Å². The predicted molar refractivity (Wildman–Crippen MR) is 73.4 cm³/mol. The summed E-state index contributed by atoms with van der Waals surface area (Å²) in [5, 5.41) is 1.07. The molecule has 1 aromatic carbocycles. The van der Waals surface area contributed by atoms with Crippen LogP contribution in [0.4, 0.5) is 13.2 Å². The molecule has 0 unspecified atom stereocenters. The van der Waals surface area contributed by atoms with Crippen LogP contribution in [0.25, 0.3) is 10.9 Å². The van der Waals surface area contributed by atoms with E-state index in [9.17, 15) is 13.2 Å². The smallest absolute Gasteiger partial charge is 0.301 e. The van der Waals surface area contributed by atoms with Crippen molar-refractivity contribution >= 4 is 10.9 Å². The number of para-hydroxylation sites is 1. The summed E-state index contributed by atoms with van der Waals surface area (Å²) >= 11 is 0. The molecule has 2 rings (SSSR count). The Labute approximate surface area is 116 Å². The summed E-state index contributed by atoms with van der Waals surface area (Å²) in [7, 11) is 1.81. The van der Waals surface area contributed by atoms with Gasteiger partial charge in [-0.3, -0.25) is 4.98 Å². The number of halogens is 3. The first-order chi connectivity index (χ1) is 9.44. The Kier molecular flexibility index (Phi) is 4.60. The molecule has 0 spiro atoms. The number of fused-ring (bicyclic) bond motifs is 1. The molecule has 1 heterocycles. The third kappa shape index (κ3) is 4.49. The zero-order valence-electron chi connectivity index (χ0n) is 11.3. The molecule has 0 N–H and O–H groups in total. The van der Waals surface area contributed by atoms with Crippen molar-refractivity contribution in [1.29, 1.82) is 0 Å². The second-order valence-electron chi connectivity index (χ2n) is 4.95. The molecular formula is C15H17F3N2. The maximum atomic E-state index is 12.1. The van der Waals surface area contributed by atoms with Gasteiger partial charge in [-0.2, -0.15) is 13.2 Å². The van der Waals surface area contributed by atoms with E-state index in [0.29, 0.717) is 13.1 Å². The van der Waals surface area contributed by atoms with Gasteiger partial charge in [0.15, 0.2) is 0 Å². The quantitative estimate of drug-likeness (QED) is 0.823. The first-order valence-corrected chi connectivity index (χ1v) is 6.54. The molecule has 0 bridgehead atoms. The number of hydrogen-bond acceptors (Lipinski definition) is 2. The average Bonchev–Trinajstić information content (AvgIpc) is 2.37. The van der Waals surface area contributed by atoms with Crippen LogP contribution >= 0.6 is 0 Å². The zero-order valence-corrected chi connectivity index (χ0v) is 11.3. The van der Waals surface area contributed by atoms with Crippen molar-refractivity contribution in [2.75, 3.05) is 13.6 Å². The fraction of sp³-hybridized carbons (Fsp3) is 0.400. The fourth-order valence-electron chi connectivity index (χ4n) is 2.10. The third-order valence-electron chi connectivity index (χ3n) is 3.09. The molecule has 0 radical (unpaired) electrons. The largest absolute Gasteiger partial charge is 0.389 e. The predicted octanol–water partition coefficient (Wildman–Crippen LogP) is 4.01. The molecule has 0 aliphatic rings. The van der Waals surface area contributed by atoms with Crippen LogP contribution in [0.1, 0.15) is 18.5 Å². The van der Waals surface area contributed by atoms with Crippen molar-refractivity contribution < 1.29 is 13.2 Å². The molecule has 2 aromatic rings. The molecule has 20 heavy (non-hydrogen) atoms. The molecule has 2 nitrogen and oxygen atoms in total. The first-order valence-electron chi connectivity index (χ1n) is 6.54.